The van der Waals surface area contributed by atoms with E-state index in [1.807, 2.05) is 0 Å². The fourth-order valence-corrected chi connectivity index (χ4v) is 0.645. The molecule has 0 aromatic carbocycles. The average molecular weight is 213 g/mol. The predicted molar refractivity (Wildman–Crippen MR) is 46.2 cm³/mol. The number of halogens is 1. The molecule has 13 heavy (non-hydrogen) atoms. The van der Waals surface area contributed by atoms with Crippen LogP contribution in [0, 0.1) is 0 Å². The Bertz CT molecular complexity index is 165. The van der Waals surface area contributed by atoms with Gasteiger partial charge < -0.3 is 20.1 Å². The van der Waals surface area contributed by atoms with Crippen LogP contribution in [-0.4, -0.2) is 30.0 Å². The molecule has 5 nitrogen and oxygen atoms in total. The van der Waals surface area contributed by atoms with Gasteiger partial charge in [-0.2, -0.15) is 4.20 Å². The van der Waals surface area contributed by atoms with Gasteiger partial charge in [-0.05, 0) is 6.42 Å². The van der Waals surface area contributed by atoms with Gasteiger partial charge in [-0.15, -0.1) is 0 Å². The molecule has 3 N–H and O–H groups in total. The van der Waals surface area contributed by atoms with Crippen LogP contribution in [0.3, 0.4) is 0 Å². The average Bonchev–Trinajstić information content (AvgIpc) is 2.15. The van der Waals surface area contributed by atoms with E-state index >= 15 is 0 Å². The molecule has 2 atom stereocenters. The van der Waals surface area contributed by atoms with E-state index in [4.69, 9.17) is 10.8 Å². The predicted octanol–water partition coefficient (Wildman–Crippen LogP) is 0.717. The van der Waals surface area contributed by atoms with E-state index in [0.717, 1.165) is 0 Å². The summed E-state index contributed by atoms with van der Waals surface area (Å²) in [6, 6.07) is 0. The van der Waals surface area contributed by atoms with Crippen molar-refractivity contribution in [2.45, 2.75) is 18.9 Å². The van der Waals surface area contributed by atoms with Gasteiger partial charge in [-0.3, -0.25) is 0 Å². The fourth-order valence-electron chi connectivity index (χ4n) is 0.523. The molecule has 0 saturated heterocycles. The van der Waals surface area contributed by atoms with Gasteiger partial charge in [-0.25, -0.2) is 4.79 Å². The molecule has 0 rings (SSSR count). The highest BCUT2D eigenvalue weighted by Gasteiger charge is 2.24. The number of nitrogens with two attached hydrogens (primary N) is 1. The van der Waals surface area contributed by atoms with Crippen molar-refractivity contribution >= 4 is 15.3 Å². The quantitative estimate of drug-likeness (QED) is 0.519. The zero-order valence-corrected chi connectivity index (χ0v) is 8.25. The molecule has 78 valence electrons. The Balaban J connectivity index is 3.78. The topological polar surface area (TPSA) is 81.8 Å². The highest BCUT2D eigenvalue weighted by molar-refractivity contribution is 7.26. The lowest BCUT2D eigenvalue weighted by atomic mass is 10.0. The molecule has 0 heterocycles. The first kappa shape index (κ1) is 12.6. The van der Waals surface area contributed by atoms with Crippen molar-refractivity contribution in [2.24, 2.45) is 5.73 Å². The van der Waals surface area contributed by atoms with Gasteiger partial charge in [0.25, 0.3) is 9.12 Å². The third-order valence-electron chi connectivity index (χ3n) is 1.62. The van der Waals surface area contributed by atoms with Crippen molar-refractivity contribution in [3.63, 3.8) is 0 Å². The molecule has 0 radical (unpaired) electrons. The number of rotatable bonds is 5. The lowest BCUT2D eigenvalue weighted by molar-refractivity contribution is 0.0593. The summed E-state index contributed by atoms with van der Waals surface area (Å²) in [5.41, 5.74) is 4.59. The summed E-state index contributed by atoms with van der Waals surface area (Å²) in [6.45, 7) is 1.24. The van der Waals surface area contributed by atoms with Gasteiger partial charge in [-0.1, -0.05) is 6.92 Å². The molecule has 0 saturated carbocycles. The Labute approximate surface area is 77.4 Å². The highest BCUT2D eigenvalue weighted by atomic mass is 31.1. The Kier molecular flexibility index (Phi) is 5.86. The van der Waals surface area contributed by atoms with E-state index in [9.17, 15) is 8.99 Å². The van der Waals surface area contributed by atoms with Gasteiger partial charge in [0.15, 0.2) is 0 Å². The minimum absolute atomic E-state index is 0.191. The summed E-state index contributed by atoms with van der Waals surface area (Å²) in [5.74, 6) is 0. The molecule has 7 heteroatoms. The second-order valence-corrected chi connectivity index (χ2v) is 2.95. The zero-order chi connectivity index (χ0) is 10.3. The number of aliphatic hydroxyl groups excluding tert-OH is 1. The van der Waals surface area contributed by atoms with Crippen LogP contribution in [0.1, 0.15) is 13.3 Å². The SMILES string of the molecule is CCC(N)(CO)COC(=O)OPF. The number of carbonyl (C=O) groups is 1. The maximum Gasteiger partial charge on any atom is 0.513 e. The van der Waals surface area contributed by atoms with Crippen molar-refractivity contribution in [3.8, 4) is 0 Å². The third-order valence-corrected chi connectivity index (χ3v) is 1.86. The van der Waals surface area contributed by atoms with Crippen LogP contribution in [0.5, 0.6) is 0 Å². The monoisotopic (exact) mass is 213 g/mol. The first-order valence-corrected chi connectivity index (χ1v) is 4.45. The molecular formula is C6H13FNO4P. The fraction of sp³-hybridized carbons (Fsp3) is 0.833. The van der Waals surface area contributed by atoms with E-state index in [-0.39, 0.29) is 13.2 Å². The van der Waals surface area contributed by atoms with Crippen LogP contribution >= 0.6 is 9.12 Å². The summed E-state index contributed by atoms with van der Waals surface area (Å²) < 4.78 is 19.8. The van der Waals surface area contributed by atoms with E-state index in [1.54, 1.807) is 6.92 Å². The van der Waals surface area contributed by atoms with Crippen LogP contribution in [0.4, 0.5) is 8.99 Å². The molecule has 0 aliphatic rings. The minimum Gasteiger partial charge on any atom is -0.432 e. The largest absolute Gasteiger partial charge is 0.513 e. The van der Waals surface area contributed by atoms with Crippen molar-refractivity contribution in [1.29, 1.82) is 0 Å². The Morgan fingerprint density at radius 3 is 2.77 bits per heavy atom. The number of hydrogen-bond acceptors (Lipinski definition) is 5. The van der Waals surface area contributed by atoms with Crippen LogP contribution in [0.25, 0.3) is 0 Å². The summed E-state index contributed by atoms with van der Waals surface area (Å²) in [5, 5.41) is 8.80. The molecular weight excluding hydrogens is 200 g/mol. The maximum atomic E-state index is 11.5. The number of carbonyl (C=O) groups excluding carboxylic acids is 1. The number of ether oxygens (including phenoxy) is 1. The van der Waals surface area contributed by atoms with Gasteiger partial charge in [0.2, 0.25) is 0 Å². The van der Waals surface area contributed by atoms with E-state index in [1.165, 1.54) is 0 Å². The van der Waals surface area contributed by atoms with Crippen LogP contribution in [0.2, 0.25) is 0 Å². The molecule has 0 spiro atoms. The van der Waals surface area contributed by atoms with Crippen molar-refractivity contribution in [3.05, 3.63) is 0 Å². The summed E-state index contributed by atoms with van der Waals surface area (Å²) in [6.07, 6.45) is -0.674. The second kappa shape index (κ2) is 6.07. The maximum absolute atomic E-state index is 11.5. The van der Waals surface area contributed by atoms with E-state index < -0.39 is 20.8 Å². The summed E-state index contributed by atoms with van der Waals surface area (Å²) in [4.78, 5) is 10.5. The first-order valence-electron chi connectivity index (χ1n) is 3.67. The summed E-state index contributed by atoms with van der Waals surface area (Å²) >= 11 is 0. The van der Waals surface area contributed by atoms with Gasteiger partial charge in [0.1, 0.15) is 6.61 Å². The van der Waals surface area contributed by atoms with Gasteiger partial charge in [0.05, 0.1) is 12.1 Å². The molecule has 0 amide bonds. The normalized spacial score (nSPS) is 15.7. The van der Waals surface area contributed by atoms with E-state index in [2.05, 4.69) is 9.26 Å². The van der Waals surface area contributed by atoms with Crippen molar-refractivity contribution in [2.75, 3.05) is 13.2 Å². The number of hydrogen-bond donors (Lipinski definition) is 2. The highest BCUT2D eigenvalue weighted by Crippen LogP contribution is 2.14. The van der Waals surface area contributed by atoms with Crippen molar-refractivity contribution in [1.82, 2.24) is 0 Å². The van der Waals surface area contributed by atoms with Crippen LogP contribution in [-0.2, 0) is 9.26 Å². The Morgan fingerprint density at radius 2 is 2.38 bits per heavy atom. The lowest BCUT2D eigenvalue weighted by Crippen LogP contribution is -2.47. The summed E-state index contributed by atoms with van der Waals surface area (Å²) in [7, 11) is -1.45. The molecule has 0 aromatic rings. The van der Waals surface area contributed by atoms with Crippen LogP contribution < -0.4 is 5.73 Å². The molecule has 0 aromatic heterocycles. The third kappa shape index (κ3) is 4.98. The molecule has 0 aliphatic heterocycles. The first-order chi connectivity index (χ1) is 6.08. The second-order valence-electron chi connectivity index (χ2n) is 2.59. The molecule has 0 bridgehead atoms. The van der Waals surface area contributed by atoms with Crippen molar-refractivity contribution < 1.29 is 23.4 Å². The Morgan fingerprint density at radius 1 is 1.77 bits per heavy atom. The number of aliphatic hydroxyl groups is 1. The molecule has 0 aliphatic carbocycles. The molecule has 0 fully saturated rings. The zero-order valence-electron chi connectivity index (χ0n) is 7.25. The Hall–Kier alpha value is -0.450. The minimum atomic E-state index is -1.45. The van der Waals surface area contributed by atoms with Gasteiger partial charge >= 0.3 is 6.16 Å². The lowest BCUT2D eigenvalue weighted by Gasteiger charge is -2.24. The molecule has 2 unspecified atom stereocenters. The standard InChI is InChI=1S/C6H13FNO4P/c1-2-6(8,3-9)4-11-5(10)12-13-7/h9,13H,2-4,8H2,1H3. The van der Waals surface area contributed by atoms with E-state index in [0.29, 0.717) is 6.42 Å². The smallest absolute Gasteiger partial charge is 0.432 e. The van der Waals surface area contributed by atoms with Gasteiger partial charge in [0, 0.05) is 0 Å². The van der Waals surface area contributed by atoms with Crippen LogP contribution in [0.15, 0.2) is 0 Å².